The molecule has 0 fully saturated rings. The molecular formula is C18H12F4N2O4S. The van der Waals surface area contributed by atoms with E-state index in [0.717, 1.165) is 43.3 Å². The average molecular weight is 428 g/mol. The van der Waals surface area contributed by atoms with E-state index in [1.54, 1.807) is 0 Å². The van der Waals surface area contributed by atoms with Crippen LogP contribution in [0.5, 0.6) is 0 Å². The summed E-state index contributed by atoms with van der Waals surface area (Å²) in [4.78, 5) is 11.7. The lowest BCUT2D eigenvalue weighted by atomic mass is 9.95. The Hall–Kier alpha value is -3.23. The molecule has 1 amide bonds. The number of amides is 1. The quantitative estimate of drug-likeness (QED) is 0.442. The second-order valence-electron chi connectivity index (χ2n) is 5.97. The number of nitrogens with zero attached hydrogens (tertiary/aromatic N) is 1. The van der Waals surface area contributed by atoms with Crippen molar-refractivity contribution in [3.05, 3.63) is 65.0 Å². The minimum atomic E-state index is -4.88. The minimum Gasteiger partial charge on any atom is -0.375 e. The first-order chi connectivity index (χ1) is 13.4. The van der Waals surface area contributed by atoms with Crippen molar-refractivity contribution in [3.63, 3.8) is 0 Å². The highest BCUT2D eigenvalue weighted by Gasteiger charge is 2.39. The van der Waals surface area contributed by atoms with Crippen LogP contribution in [0.1, 0.15) is 23.6 Å². The molecule has 11 heteroatoms. The molecule has 2 aromatic rings. The van der Waals surface area contributed by atoms with E-state index in [9.17, 15) is 35.9 Å². The lowest BCUT2D eigenvalue weighted by Gasteiger charge is -2.23. The fraction of sp³-hybridized carbons (Fsp3) is 0.167. The van der Waals surface area contributed by atoms with Gasteiger partial charge in [0.1, 0.15) is 10.7 Å². The van der Waals surface area contributed by atoms with Gasteiger partial charge in [0.05, 0.1) is 17.2 Å². The molecule has 152 valence electrons. The summed E-state index contributed by atoms with van der Waals surface area (Å²) in [6.45, 7) is 0.825. The van der Waals surface area contributed by atoms with Gasteiger partial charge >= 0.3 is 6.18 Å². The first-order valence-electron chi connectivity index (χ1n) is 7.75. The van der Waals surface area contributed by atoms with E-state index in [0.29, 0.717) is 6.07 Å². The van der Waals surface area contributed by atoms with Crippen molar-refractivity contribution in [2.75, 3.05) is 5.32 Å². The molecule has 1 unspecified atom stereocenters. The average Bonchev–Trinajstić information content (AvgIpc) is 2.62. The number of carbonyl (C=O) groups is 1. The summed E-state index contributed by atoms with van der Waals surface area (Å²) in [5.41, 5.74) is -5.29. The van der Waals surface area contributed by atoms with Gasteiger partial charge in [0.2, 0.25) is 10.3 Å². The van der Waals surface area contributed by atoms with Crippen molar-refractivity contribution in [1.29, 1.82) is 5.26 Å². The molecule has 0 aromatic heterocycles. The van der Waals surface area contributed by atoms with Gasteiger partial charge in [-0.05, 0) is 42.8 Å². The largest absolute Gasteiger partial charge is 0.417 e. The van der Waals surface area contributed by atoms with Crippen LogP contribution in [0.3, 0.4) is 0 Å². The Labute approximate surface area is 163 Å². The van der Waals surface area contributed by atoms with Gasteiger partial charge < -0.3 is 10.4 Å². The molecule has 0 saturated carbocycles. The predicted molar refractivity (Wildman–Crippen MR) is 94.8 cm³/mol. The molecule has 0 spiro atoms. The molecule has 0 aliphatic heterocycles. The fourth-order valence-electron chi connectivity index (χ4n) is 2.45. The van der Waals surface area contributed by atoms with E-state index >= 15 is 0 Å². The van der Waals surface area contributed by atoms with Crippen molar-refractivity contribution in [2.45, 2.75) is 18.7 Å². The van der Waals surface area contributed by atoms with Crippen LogP contribution in [-0.4, -0.2) is 29.9 Å². The van der Waals surface area contributed by atoms with Crippen molar-refractivity contribution in [3.8, 4) is 6.07 Å². The van der Waals surface area contributed by atoms with Crippen LogP contribution in [0.25, 0.3) is 0 Å². The maximum atomic E-state index is 13.1. The maximum Gasteiger partial charge on any atom is 0.417 e. The molecule has 0 saturated heterocycles. The summed E-state index contributed by atoms with van der Waals surface area (Å²) < 4.78 is 75.4. The number of anilines is 1. The van der Waals surface area contributed by atoms with E-state index in [1.807, 2.05) is 5.32 Å². The summed E-state index contributed by atoms with van der Waals surface area (Å²) in [6, 6.07) is 7.53. The standard InChI is InChI=1S/C18H12F4N2O4S/c1-17(26,15(29(27)28)10-2-5-12(19)6-3-10)16(25)24-13-7-4-11(9-23)14(8-13)18(20,21)22/h2-8,26H,1H3,(H,24,25). The zero-order valence-electron chi connectivity index (χ0n) is 14.6. The molecule has 0 radical (unpaired) electrons. The van der Waals surface area contributed by atoms with Crippen LogP contribution in [0, 0.1) is 17.1 Å². The third-order valence-corrected chi connectivity index (χ3v) is 4.83. The lowest BCUT2D eigenvalue weighted by Crippen LogP contribution is -2.48. The number of carbonyl (C=O) groups excluding carboxylic acids is 1. The number of hydrogen-bond donors (Lipinski definition) is 2. The van der Waals surface area contributed by atoms with Crippen molar-refractivity contribution in [1.82, 2.24) is 0 Å². The van der Waals surface area contributed by atoms with Crippen LogP contribution in [-0.2, 0) is 21.3 Å². The monoisotopic (exact) mass is 428 g/mol. The van der Waals surface area contributed by atoms with Crippen LogP contribution >= 0.6 is 0 Å². The molecule has 0 heterocycles. The molecule has 29 heavy (non-hydrogen) atoms. The molecule has 2 N–H and O–H groups in total. The third kappa shape index (κ3) is 4.79. The Bertz CT molecular complexity index is 1120. The number of alkyl halides is 3. The Balaban J connectivity index is 2.44. The highest BCUT2D eigenvalue weighted by molar-refractivity contribution is 7.73. The number of rotatable bonds is 4. The van der Waals surface area contributed by atoms with E-state index in [-0.39, 0.29) is 5.56 Å². The molecule has 6 nitrogen and oxygen atoms in total. The van der Waals surface area contributed by atoms with Crippen LogP contribution in [0.15, 0.2) is 42.5 Å². The van der Waals surface area contributed by atoms with Crippen LogP contribution < -0.4 is 5.32 Å². The predicted octanol–water partition coefficient (Wildman–Crippen LogP) is 2.51. The normalized spacial score (nSPS) is 13.1. The number of nitriles is 1. The van der Waals surface area contributed by atoms with Gasteiger partial charge in [0, 0.05) is 5.69 Å². The van der Waals surface area contributed by atoms with Gasteiger partial charge in [-0.3, -0.25) is 4.79 Å². The summed E-state index contributed by atoms with van der Waals surface area (Å²) in [7, 11) is -3.12. The Morgan fingerprint density at radius 3 is 2.21 bits per heavy atom. The Morgan fingerprint density at radius 1 is 1.14 bits per heavy atom. The smallest absolute Gasteiger partial charge is 0.375 e. The lowest BCUT2D eigenvalue weighted by molar-refractivity contribution is -0.137. The number of benzene rings is 2. The van der Waals surface area contributed by atoms with Gasteiger partial charge in [-0.1, -0.05) is 12.1 Å². The summed E-state index contributed by atoms with van der Waals surface area (Å²) in [5, 5.41) is 21.3. The number of hydrogen-bond acceptors (Lipinski definition) is 5. The summed E-state index contributed by atoms with van der Waals surface area (Å²) in [5.74, 6) is -2.04. The topological polar surface area (TPSA) is 107 Å². The van der Waals surface area contributed by atoms with Crippen molar-refractivity contribution < 1.29 is 35.9 Å². The van der Waals surface area contributed by atoms with E-state index in [4.69, 9.17) is 5.26 Å². The highest BCUT2D eigenvalue weighted by Crippen LogP contribution is 2.33. The second kappa shape index (κ2) is 8.02. The number of halogens is 4. The first-order valence-corrected chi connectivity index (χ1v) is 8.83. The second-order valence-corrected chi connectivity index (χ2v) is 6.84. The zero-order chi connectivity index (χ0) is 22.0. The number of nitrogens with one attached hydrogen (secondary N) is 1. The third-order valence-electron chi connectivity index (χ3n) is 3.86. The molecule has 2 rings (SSSR count). The Kier molecular flexibility index (Phi) is 6.10. The van der Waals surface area contributed by atoms with Crippen molar-refractivity contribution >= 4 is 26.8 Å². The van der Waals surface area contributed by atoms with Crippen LogP contribution in [0.2, 0.25) is 0 Å². The van der Waals surface area contributed by atoms with Gasteiger partial charge in [-0.2, -0.15) is 26.9 Å². The molecule has 0 aliphatic carbocycles. The fourth-order valence-corrected chi connectivity index (χ4v) is 3.20. The maximum absolute atomic E-state index is 13.1. The van der Waals surface area contributed by atoms with Gasteiger partial charge in [-0.15, -0.1) is 0 Å². The van der Waals surface area contributed by atoms with Crippen LogP contribution in [0.4, 0.5) is 23.2 Å². The molecule has 0 aliphatic rings. The SMILES string of the molecule is CC(O)(C(=O)Nc1ccc(C#N)c(C(F)(F)F)c1)C(c1ccc(F)cc1)=S(=O)=O. The molecular weight excluding hydrogens is 416 g/mol. The van der Waals surface area contributed by atoms with E-state index < -0.39 is 55.5 Å². The van der Waals surface area contributed by atoms with Crippen molar-refractivity contribution in [2.24, 2.45) is 0 Å². The summed E-state index contributed by atoms with van der Waals surface area (Å²) in [6.07, 6.45) is -4.88. The van der Waals surface area contributed by atoms with Gasteiger partial charge in [0.25, 0.3) is 5.91 Å². The molecule has 2 aromatic carbocycles. The minimum absolute atomic E-state index is 0.185. The van der Waals surface area contributed by atoms with Gasteiger partial charge in [-0.25, -0.2) is 4.39 Å². The van der Waals surface area contributed by atoms with E-state index in [1.165, 1.54) is 6.07 Å². The summed E-state index contributed by atoms with van der Waals surface area (Å²) >= 11 is 0. The first kappa shape index (κ1) is 22.1. The Morgan fingerprint density at radius 2 is 1.72 bits per heavy atom. The number of aliphatic hydroxyl groups is 1. The highest BCUT2D eigenvalue weighted by atomic mass is 32.2. The molecule has 0 bridgehead atoms. The van der Waals surface area contributed by atoms with Gasteiger partial charge in [0.15, 0.2) is 5.60 Å². The zero-order valence-corrected chi connectivity index (χ0v) is 15.4. The van der Waals surface area contributed by atoms with E-state index in [2.05, 4.69) is 0 Å². The molecule has 1 atom stereocenters.